The summed E-state index contributed by atoms with van der Waals surface area (Å²) in [6.07, 6.45) is 3.49. The van der Waals surface area contributed by atoms with E-state index in [0.29, 0.717) is 13.0 Å². The molecule has 0 spiro atoms. The molecule has 0 radical (unpaired) electrons. The molecule has 20 heavy (non-hydrogen) atoms. The van der Waals surface area contributed by atoms with E-state index in [-0.39, 0.29) is 18.6 Å². The van der Waals surface area contributed by atoms with Gasteiger partial charge in [-0.3, -0.25) is 4.79 Å². The number of hydrogen-bond donors (Lipinski definition) is 2. The Morgan fingerprint density at radius 2 is 2.45 bits per heavy atom. The van der Waals surface area contributed by atoms with Crippen LogP contribution < -0.4 is 5.32 Å². The molecule has 0 saturated carbocycles. The topological polar surface area (TPSA) is 58.6 Å². The van der Waals surface area contributed by atoms with E-state index in [2.05, 4.69) is 21.2 Å². The molecule has 1 heterocycles. The number of halogens is 1. The summed E-state index contributed by atoms with van der Waals surface area (Å²) in [6.45, 7) is 2.55. The number of hydrogen-bond acceptors (Lipinski definition) is 3. The van der Waals surface area contributed by atoms with Gasteiger partial charge in [0.2, 0.25) is 5.91 Å². The smallest absolute Gasteiger partial charge is 0.244 e. The molecule has 1 aromatic rings. The van der Waals surface area contributed by atoms with Crippen LogP contribution in [0.2, 0.25) is 0 Å². The third-order valence-electron chi connectivity index (χ3n) is 3.50. The van der Waals surface area contributed by atoms with Crippen LogP contribution in [0.3, 0.4) is 0 Å². The Labute approximate surface area is 127 Å². The molecular formula is C15H18BrNO3. The lowest BCUT2D eigenvalue weighted by atomic mass is 9.97. The van der Waals surface area contributed by atoms with Gasteiger partial charge in [-0.25, -0.2) is 0 Å². The van der Waals surface area contributed by atoms with E-state index < -0.39 is 5.60 Å². The molecule has 1 fully saturated rings. The second-order valence-corrected chi connectivity index (χ2v) is 5.89. The number of carbonyl (C=O) groups is 1. The third-order valence-corrected chi connectivity index (χ3v) is 4.00. The number of nitrogens with one attached hydrogen (secondary N) is 1. The molecule has 1 aliphatic rings. The van der Waals surface area contributed by atoms with Crippen molar-refractivity contribution >= 4 is 27.9 Å². The van der Waals surface area contributed by atoms with Crippen molar-refractivity contribution in [3.63, 3.8) is 0 Å². The molecule has 0 aromatic heterocycles. The molecule has 2 unspecified atom stereocenters. The van der Waals surface area contributed by atoms with Gasteiger partial charge in [0.05, 0.1) is 6.10 Å². The largest absolute Gasteiger partial charge is 0.385 e. The highest BCUT2D eigenvalue weighted by atomic mass is 79.9. The van der Waals surface area contributed by atoms with Crippen LogP contribution in [0.25, 0.3) is 6.08 Å². The van der Waals surface area contributed by atoms with Crippen molar-refractivity contribution in [3.8, 4) is 0 Å². The maximum atomic E-state index is 11.7. The van der Waals surface area contributed by atoms with Crippen LogP contribution in [0.5, 0.6) is 0 Å². The van der Waals surface area contributed by atoms with Gasteiger partial charge in [0.1, 0.15) is 5.60 Å². The molecule has 108 valence electrons. The summed E-state index contributed by atoms with van der Waals surface area (Å²) in [5.41, 5.74) is -0.0231. The Morgan fingerprint density at radius 1 is 1.65 bits per heavy atom. The molecule has 2 N–H and O–H groups in total. The molecule has 2 rings (SSSR count). The van der Waals surface area contributed by atoms with Crippen molar-refractivity contribution in [1.82, 2.24) is 5.32 Å². The Hall–Kier alpha value is -1.17. The van der Waals surface area contributed by atoms with Gasteiger partial charge >= 0.3 is 0 Å². The number of ether oxygens (including phenoxy) is 1. The molecule has 4 nitrogen and oxygen atoms in total. The van der Waals surface area contributed by atoms with Gasteiger partial charge in [-0.15, -0.1) is 0 Å². The summed E-state index contributed by atoms with van der Waals surface area (Å²) in [7, 11) is 0. The van der Waals surface area contributed by atoms with E-state index in [1.165, 1.54) is 6.08 Å². The standard InChI is InChI=1S/C15H18BrNO3/c1-11-15(19,7-8-20-11)10-17-14(18)6-5-12-3-2-4-13(16)9-12/h2-6,9,11,19H,7-8,10H2,1H3,(H,17,18)/b6-5+. The molecule has 5 heteroatoms. The first kappa shape index (κ1) is 15.2. The van der Waals surface area contributed by atoms with Gasteiger partial charge in [-0.05, 0) is 30.7 Å². The zero-order valence-corrected chi connectivity index (χ0v) is 12.9. The molecule has 1 aliphatic heterocycles. The zero-order valence-electron chi connectivity index (χ0n) is 11.3. The number of aliphatic hydroxyl groups is 1. The van der Waals surface area contributed by atoms with E-state index in [4.69, 9.17) is 4.74 Å². The third kappa shape index (κ3) is 3.91. The van der Waals surface area contributed by atoms with Crippen molar-refractivity contribution in [3.05, 3.63) is 40.4 Å². The van der Waals surface area contributed by atoms with E-state index in [0.717, 1.165) is 10.0 Å². The van der Waals surface area contributed by atoms with Crippen LogP contribution in [-0.4, -0.2) is 35.9 Å². The predicted octanol–water partition coefficient (Wildman–Crippen LogP) is 2.12. The Kier molecular flexibility index (Phi) is 4.96. The van der Waals surface area contributed by atoms with Crippen LogP contribution in [0.15, 0.2) is 34.8 Å². The lowest BCUT2D eigenvalue weighted by molar-refractivity contribution is -0.118. The minimum Gasteiger partial charge on any atom is -0.385 e. The first-order chi connectivity index (χ1) is 9.49. The van der Waals surface area contributed by atoms with Gasteiger partial charge in [-0.2, -0.15) is 0 Å². The normalized spacial score (nSPS) is 26.1. The van der Waals surface area contributed by atoms with Gasteiger partial charge in [0, 0.05) is 30.1 Å². The van der Waals surface area contributed by atoms with Crippen molar-refractivity contribution in [2.75, 3.05) is 13.2 Å². The summed E-state index contributed by atoms with van der Waals surface area (Å²) < 4.78 is 6.28. The Bertz CT molecular complexity index is 518. The number of carbonyl (C=O) groups excluding carboxylic acids is 1. The fourth-order valence-corrected chi connectivity index (χ4v) is 2.50. The Balaban J connectivity index is 1.87. The summed E-state index contributed by atoms with van der Waals surface area (Å²) in [5.74, 6) is -0.225. The minimum absolute atomic E-state index is 0.204. The van der Waals surface area contributed by atoms with Crippen molar-refractivity contribution in [2.45, 2.75) is 25.0 Å². The summed E-state index contributed by atoms with van der Waals surface area (Å²) in [4.78, 5) is 11.7. The van der Waals surface area contributed by atoms with Gasteiger partial charge in [0.25, 0.3) is 0 Å². The SMILES string of the molecule is CC1OCCC1(O)CNC(=O)/C=C/c1cccc(Br)c1. The van der Waals surface area contributed by atoms with Crippen LogP contribution >= 0.6 is 15.9 Å². The van der Waals surface area contributed by atoms with E-state index >= 15 is 0 Å². The predicted molar refractivity (Wildman–Crippen MR) is 81.2 cm³/mol. The molecule has 1 aromatic carbocycles. The summed E-state index contributed by atoms with van der Waals surface area (Å²) >= 11 is 3.38. The van der Waals surface area contributed by atoms with Crippen molar-refractivity contribution in [2.24, 2.45) is 0 Å². The van der Waals surface area contributed by atoms with Gasteiger partial charge in [0.15, 0.2) is 0 Å². The average molecular weight is 340 g/mol. The highest BCUT2D eigenvalue weighted by Gasteiger charge is 2.39. The van der Waals surface area contributed by atoms with Crippen molar-refractivity contribution in [1.29, 1.82) is 0 Å². The summed E-state index contributed by atoms with van der Waals surface area (Å²) in [5, 5.41) is 13.0. The van der Waals surface area contributed by atoms with Crippen LogP contribution in [0, 0.1) is 0 Å². The number of amides is 1. The zero-order chi connectivity index (χ0) is 14.6. The van der Waals surface area contributed by atoms with E-state index in [1.807, 2.05) is 31.2 Å². The fourth-order valence-electron chi connectivity index (χ4n) is 2.08. The second-order valence-electron chi connectivity index (χ2n) is 4.97. The minimum atomic E-state index is -0.959. The van der Waals surface area contributed by atoms with Crippen LogP contribution in [-0.2, 0) is 9.53 Å². The highest BCUT2D eigenvalue weighted by Crippen LogP contribution is 2.24. The molecule has 1 saturated heterocycles. The molecular weight excluding hydrogens is 322 g/mol. The maximum absolute atomic E-state index is 11.7. The number of benzene rings is 1. The quantitative estimate of drug-likeness (QED) is 0.826. The lowest BCUT2D eigenvalue weighted by Crippen LogP contribution is -2.47. The number of rotatable bonds is 4. The van der Waals surface area contributed by atoms with Crippen LogP contribution in [0.4, 0.5) is 0 Å². The van der Waals surface area contributed by atoms with Crippen molar-refractivity contribution < 1.29 is 14.6 Å². The monoisotopic (exact) mass is 339 g/mol. The fraction of sp³-hybridized carbons (Fsp3) is 0.400. The maximum Gasteiger partial charge on any atom is 0.244 e. The molecule has 0 bridgehead atoms. The van der Waals surface area contributed by atoms with E-state index in [1.54, 1.807) is 6.08 Å². The van der Waals surface area contributed by atoms with E-state index in [9.17, 15) is 9.90 Å². The van der Waals surface area contributed by atoms with Crippen LogP contribution in [0.1, 0.15) is 18.9 Å². The molecule has 0 aliphatic carbocycles. The molecule has 2 atom stereocenters. The Morgan fingerprint density at radius 3 is 3.10 bits per heavy atom. The highest BCUT2D eigenvalue weighted by molar-refractivity contribution is 9.10. The van der Waals surface area contributed by atoms with Gasteiger partial charge < -0.3 is 15.2 Å². The average Bonchev–Trinajstić information content (AvgIpc) is 2.75. The first-order valence-corrected chi connectivity index (χ1v) is 7.34. The second kappa shape index (κ2) is 6.52. The summed E-state index contributed by atoms with van der Waals surface area (Å²) in [6, 6.07) is 7.66. The lowest BCUT2D eigenvalue weighted by Gasteiger charge is -2.25. The molecule has 1 amide bonds. The van der Waals surface area contributed by atoms with Gasteiger partial charge in [-0.1, -0.05) is 28.1 Å². The first-order valence-electron chi connectivity index (χ1n) is 6.55.